The summed E-state index contributed by atoms with van der Waals surface area (Å²) in [5.74, 6) is 0.753. The Hall–Kier alpha value is -2.89. The predicted octanol–water partition coefficient (Wildman–Crippen LogP) is 2.78. The molecule has 3 rings (SSSR count). The van der Waals surface area contributed by atoms with Gasteiger partial charge in [0.25, 0.3) is 0 Å². The Kier molecular flexibility index (Phi) is 3.06. The molecular formula is C15H12O6. The Labute approximate surface area is 119 Å². The monoisotopic (exact) mass is 288 g/mol. The standard InChI is InChI=1S/C15H12O6/c1-18-8-6-10(19-2)12-11(7-8)21-15(17)13(14(12)16)9-4-3-5-20-9/h3-7,16H,1-2H3. The van der Waals surface area contributed by atoms with Gasteiger partial charge < -0.3 is 23.4 Å². The van der Waals surface area contributed by atoms with Gasteiger partial charge in [-0.2, -0.15) is 0 Å². The molecule has 2 heterocycles. The maximum atomic E-state index is 12.1. The fourth-order valence-corrected chi connectivity index (χ4v) is 2.17. The van der Waals surface area contributed by atoms with Crippen molar-refractivity contribution in [3.8, 4) is 28.6 Å². The third-order valence-electron chi connectivity index (χ3n) is 3.14. The van der Waals surface area contributed by atoms with Gasteiger partial charge in [0.15, 0.2) is 0 Å². The van der Waals surface area contributed by atoms with Crippen molar-refractivity contribution in [3.63, 3.8) is 0 Å². The minimum absolute atomic E-state index is 0.0454. The zero-order valence-electron chi connectivity index (χ0n) is 11.4. The maximum Gasteiger partial charge on any atom is 0.351 e. The lowest BCUT2D eigenvalue weighted by Gasteiger charge is -2.10. The number of hydrogen-bond donors (Lipinski definition) is 1. The molecule has 0 fully saturated rings. The SMILES string of the molecule is COc1cc(OC)c2c(O)c(-c3ccco3)c(=O)oc2c1. The molecule has 0 saturated carbocycles. The van der Waals surface area contributed by atoms with Gasteiger partial charge in [0.1, 0.15) is 39.5 Å². The number of fused-ring (bicyclic) bond motifs is 1. The molecule has 0 spiro atoms. The molecule has 0 aliphatic heterocycles. The first-order chi connectivity index (χ1) is 10.2. The number of methoxy groups -OCH3 is 2. The van der Waals surface area contributed by atoms with Crippen LogP contribution in [0.1, 0.15) is 0 Å². The van der Waals surface area contributed by atoms with E-state index in [9.17, 15) is 9.90 Å². The maximum absolute atomic E-state index is 12.1. The number of hydrogen-bond acceptors (Lipinski definition) is 6. The summed E-state index contributed by atoms with van der Waals surface area (Å²) in [6, 6.07) is 6.27. The lowest BCUT2D eigenvalue weighted by Crippen LogP contribution is -2.04. The predicted molar refractivity (Wildman–Crippen MR) is 75.0 cm³/mol. The van der Waals surface area contributed by atoms with E-state index in [4.69, 9.17) is 18.3 Å². The number of benzene rings is 1. The normalized spacial score (nSPS) is 10.8. The summed E-state index contributed by atoms with van der Waals surface area (Å²) < 4.78 is 20.7. The third-order valence-corrected chi connectivity index (χ3v) is 3.14. The van der Waals surface area contributed by atoms with Gasteiger partial charge >= 0.3 is 5.63 Å². The topological polar surface area (TPSA) is 82.0 Å². The van der Waals surface area contributed by atoms with Gasteiger partial charge in [-0.25, -0.2) is 4.79 Å². The number of ether oxygens (including phenoxy) is 2. The summed E-state index contributed by atoms with van der Waals surface area (Å²) in [5, 5.41) is 10.7. The van der Waals surface area contributed by atoms with Crippen LogP contribution in [0.2, 0.25) is 0 Å². The van der Waals surface area contributed by atoms with E-state index < -0.39 is 5.63 Å². The second-order valence-corrected chi connectivity index (χ2v) is 4.29. The van der Waals surface area contributed by atoms with E-state index in [2.05, 4.69) is 0 Å². The number of rotatable bonds is 3. The second kappa shape index (κ2) is 4.90. The molecule has 2 aromatic heterocycles. The highest BCUT2D eigenvalue weighted by Crippen LogP contribution is 2.40. The fraction of sp³-hybridized carbons (Fsp3) is 0.133. The van der Waals surface area contributed by atoms with Crippen molar-refractivity contribution < 1.29 is 23.4 Å². The van der Waals surface area contributed by atoms with Gasteiger partial charge in [0, 0.05) is 12.1 Å². The Bertz CT molecular complexity index is 845. The molecule has 3 aromatic rings. The molecule has 0 unspecified atom stereocenters. The van der Waals surface area contributed by atoms with Crippen molar-refractivity contribution in [2.75, 3.05) is 14.2 Å². The first kappa shape index (κ1) is 13.1. The first-order valence-electron chi connectivity index (χ1n) is 6.11. The van der Waals surface area contributed by atoms with Gasteiger partial charge in [-0.3, -0.25) is 0 Å². The average molecular weight is 288 g/mol. The van der Waals surface area contributed by atoms with Gasteiger partial charge in [-0.15, -0.1) is 0 Å². The Balaban J connectivity index is 2.42. The Morgan fingerprint density at radius 3 is 2.62 bits per heavy atom. The van der Waals surface area contributed by atoms with Crippen LogP contribution in [-0.4, -0.2) is 19.3 Å². The number of aromatic hydroxyl groups is 1. The van der Waals surface area contributed by atoms with E-state index >= 15 is 0 Å². The van der Waals surface area contributed by atoms with E-state index in [0.717, 1.165) is 0 Å². The van der Waals surface area contributed by atoms with E-state index in [1.807, 2.05) is 0 Å². The molecule has 0 aliphatic carbocycles. The van der Waals surface area contributed by atoms with Crippen LogP contribution in [0.5, 0.6) is 17.2 Å². The van der Waals surface area contributed by atoms with Gasteiger partial charge in [0.2, 0.25) is 0 Å². The Morgan fingerprint density at radius 2 is 2.00 bits per heavy atom. The summed E-state index contributed by atoms with van der Waals surface area (Å²) in [4.78, 5) is 12.1. The van der Waals surface area contributed by atoms with Gasteiger partial charge in [0.05, 0.1) is 20.5 Å². The van der Waals surface area contributed by atoms with E-state index in [1.54, 1.807) is 18.2 Å². The van der Waals surface area contributed by atoms with Crippen molar-refractivity contribution >= 4 is 11.0 Å². The molecule has 21 heavy (non-hydrogen) atoms. The molecule has 6 nitrogen and oxygen atoms in total. The minimum atomic E-state index is -0.703. The highest BCUT2D eigenvalue weighted by atomic mass is 16.5. The van der Waals surface area contributed by atoms with Crippen LogP contribution >= 0.6 is 0 Å². The fourth-order valence-electron chi connectivity index (χ4n) is 2.17. The largest absolute Gasteiger partial charge is 0.506 e. The summed E-state index contributed by atoms with van der Waals surface area (Å²) in [5.41, 5.74) is -0.578. The molecule has 0 bridgehead atoms. The third kappa shape index (κ3) is 2.01. The van der Waals surface area contributed by atoms with Crippen LogP contribution in [0.25, 0.3) is 22.3 Å². The van der Waals surface area contributed by atoms with Crippen molar-refractivity contribution in [1.82, 2.24) is 0 Å². The smallest absolute Gasteiger partial charge is 0.351 e. The Morgan fingerprint density at radius 1 is 1.19 bits per heavy atom. The lowest BCUT2D eigenvalue weighted by molar-refractivity contribution is 0.393. The number of furan rings is 1. The molecule has 0 radical (unpaired) electrons. The van der Waals surface area contributed by atoms with Gasteiger partial charge in [-0.1, -0.05) is 0 Å². The van der Waals surface area contributed by atoms with Crippen LogP contribution in [0.4, 0.5) is 0 Å². The quantitative estimate of drug-likeness (QED) is 0.746. The molecule has 0 saturated heterocycles. The minimum Gasteiger partial charge on any atom is -0.506 e. The van der Waals surface area contributed by atoms with Crippen LogP contribution in [0.3, 0.4) is 0 Å². The van der Waals surface area contributed by atoms with E-state index in [-0.39, 0.29) is 28.0 Å². The lowest BCUT2D eigenvalue weighted by atomic mass is 10.1. The van der Waals surface area contributed by atoms with Crippen LogP contribution in [0.15, 0.2) is 44.2 Å². The molecule has 1 aromatic carbocycles. The molecule has 108 valence electrons. The van der Waals surface area contributed by atoms with Crippen LogP contribution in [0, 0.1) is 0 Å². The van der Waals surface area contributed by atoms with E-state index in [1.165, 1.54) is 26.5 Å². The summed E-state index contributed by atoms with van der Waals surface area (Å²) in [6.45, 7) is 0. The van der Waals surface area contributed by atoms with Crippen molar-refractivity contribution in [2.24, 2.45) is 0 Å². The van der Waals surface area contributed by atoms with Crippen LogP contribution in [-0.2, 0) is 0 Å². The highest BCUT2D eigenvalue weighted by Gasteiger charge is 2.21. The average Bonchev–Trinajstić information content (AvgIpc) is 2.99. The molecule has 6 heteroatoms. The molecular weight excluding hydrogens is 276 g/mol. The van der Waals surface area contributed by atoms with Crippen LogP contribution < -0.4 is 15.1 Å². The zero-order valence-corrected chi connectivity index (χ0v) is 11.4. The summed E-state index contributed by atoms with van der Waals surface area (Å²) in [7, 11) is 2.93. The van der Waals surface area contributed by atoms with Crippen molar-refractivity contribution in [2.45, 2.75) is 0 Å². The molecule has 0 atom stereocenters. The van der Waals surface area contributed by atoms with Crippen molar-refractivity contribution in [1.29, 1.82) is 0 Å². The summed E-state index contributed by atoms with van der Waals surface area (Å²) >= 11 is 0. The van der Waals surface area contributed by atoms with Crippen molar-refractivity contribution in [3.05, 3.63) is 40.9 Å². The zero-order chi connectivity index (χ0) is 15.0. The van der Waals surface area contributed by atoms with Gasteiger partial charge in [-0.05, 0) is 12.1 Å². The highest BCUT2D eigenvalue weighted by molar-refractivity contribution is 5.95. The molecule has 0 amide bonds. The molecule has 0 aliphatic rings. The second-order valence-electron chi connectivity index (χ2n) is 4.29. The molecule has 1 N–H and O–H groups in total. The first-order valence-corrected chi connectivity index (χ1v) is 6.11. The van der Waals surface area contributed by atoms with E-state index in [0.29, 0.717) is 11.5 Å². The summed E-state index contributed by atoms with van der Waals surface area (Å²) in [6.07, 6.45) is 1.41.